The minimum atomic E-state index is -0.307. The third kappa shape index (κ3) is 4.63. The highest BCUT2D eigenvalue weighted by molar-refractivity contribution is 9.11. The zero-order valence-electron chi connectivity index (χ0n) is 16.3. The first-order valence-corrected chi connectivity index (χ1v) is 11.8. The van der Waals surface area contributed by atoms with E-state index in [9.17, 15) is 9.59 Å². The Hall–Kier alpha value is -2.35. The highest BCUT2D eigenvalue weighted by Crippen LogP contribution is 2.38. The molecule has 1 saturated heterocycles. The molecule has 3 aromatic carbocycles. The molecule has 0 saturated carbocycles. The van der Waals surface area contributed by atoms with Crippen LogP contribution in [0.3, 0.4) is 0 Å². The molecule has 0 atom stereocenters. The van der Waals surface area contributed by atoms with Crippen molar-refractivity contribution in [1.82, 2.24) is 4.90 Å². The van der Waals surface area contributed by atoms with Gasteiger partial charge < -0.3 is 4.74 Å². The highest BCUT2D eigenvalue weighted by atomic mass is 79.9. The fraction of sp³-hybridized carbons (Fsp3) is 0.0833. The molecular weight excluding hydrogens is 542 g/mol. The van der Waals surface area contributed by atoms with E-state index in [0.717, 1.165) is 37.2 Å². The molecule has 2 amide bonds. The van der Waals surface area contributed by atoms with E-state index in [1.165, 1.54) is 16.4 Å². The number of thioether (sulfide) groups is 1. The van der Waals surface area contributed by atoms with Crippen LogP contribution in [0.25, 0.3) is 16.8 Å². The van der Waals surface area contributed by atoms with Crippen molar-refractivity contribution in [2.24, 2.45) is 0 Å². The van der Waals surface area contributed by atoms with E-state index in [1.54, 1.807) is 6.08 Å². The summed E-state index contributed by atoms with van der Waals surface area (Å²) < 4.78 is 7.61. The van der Waals surface area contributed by atoms with Crippen LogP contribution in [0.4, 0.5) is 4.79 Å². The quantitative estimate of drug-likeness (QED) is 0.238. The Morgan fingerprint density at radius 3 is 2.48 bits per heavy atom. The van der Waals surface area contributed by atoms with Gasteiger partial charge in [-0.15, -0.1) is 6.58 Å². The van der Waals surface area contributed by atoms with Crippen LogP contribution in [0.2, 0.25) is 0 Å². The predicted molar refractivity (Wildman–Crippen MR) is 133 cm³/mol. The minimum absolute atomic E-state index is 0.205. The van der Waals surface area contributed by atoms with Crippen molar-refractivity contribution in [3.63, 3.8) is 0 Å². The second-order valence-electron chi connectivity index (χ2n) is 6.82. The highest BCUT2D eigenvalue weighted by Gasteiger charge is 2.34. The molecule has 156 valence electrons. The van der Waals surface area contributed by atoms with Crippen LogP contribution in [0.15, 0.2) is 81.1 Å². The Balaban J connectivity index is 1.56. The summed E-state index contributed by atoms with van der Waals surface area (Å²) in [6, 6.07) is 18.1. The van der Waals surface area contributed by atoms with Crippen molar-refractivity contribution in [3.8, 4) is 5.75 Å². The van der Waals surface area contributed by atoms with Gasteiger partial charge in [0.1, 0.15) is 12.4 Å². The normalized spacial score (nSPS) is 15.2. The topological polar surface area (TPSA) is 46.6 Å². The lowest BCUT2D eigenvalue weighted by Gasteiger charge is -2.13. The Labute approximate surface area is 201 Å². The SMILES string of the molecule is C=CCN1C(=O)S/C(=C/c2cc(Br)c(OCc3cccc4ccccc34)c(Br)c2)C1=O. The van der Waals surface area contributed by atoms with Crippen LogP contribution in [-0.2, 0) is 11.4 Å². The van der Waals surface area contributed by atoms with E-state index < -0.39 is 0 Å². The van der Waals surface area contributed by atoms with Crippen molar-refractivity contribution in [2.75, 3.05) is 6.54 Å². The predicted octanol–water partition coefficient (Wildman–Crippen LogP) is 7.17. The lowest BCUT2D eigenvalue weighted by Crippen LogP contribution is -2.27. The van der Waals surface area contributed by atoms with Gasteiger partial charge in [0.15, 0.2) is 0 Å². The number of fused-ring (bicyclic) bond motifs is 1. The number of hydrogen-bond acceptors (Lipinski definition) is 4. The van der Waals surface area contributed by atoms with E-state index in [-0.39, 0.29) is 17.7 Å². The van der Waals surface area contributed by atoms with Gasteiger partial charge in [-0.05, 0) is 83.7 Å². The maximum Gasteiger partial charge on any atom is 0.293 e. The van der Waals surface area contributed by atoms with Gasteiger partial charge in [0.25, 0.3) is 11.1 Å². The summed E-state index contributed by atoms with van der Waals surface area (Å²) in [5.74, 6) is 0.364. The van der Waals surface area contributed by atoms with Crippen LogP contribution < -0.4 is 4.74 Å². The van der Waals surface area contributed by atoms with E-state index in [0.29, 0.717) is 17.3 Å². The zero-order valence-corrected chi connectivity index (χ0v) is 20.3. The average Bonchev–Trinajstić information content (AvgIpc) is 3.01. The molecule has 0 N–H and O–H groups in total. The summed E-state index contributed by atoms with van der Waals surface area (Å²) in [5.41, 5.74) is 1.87. The van der Waals surface area contributed by atoms with Gasteiger partial charge in [0, 0.05) is 6.54 Å². The van der Waals surface area contributed by atoms with Gasteiger partial charge in [-0.2, -0.15) is 0 Å². The maximum absolute atomic E-state index is 12.4. The molecule has 0 aromatic heterocycles. The third-order valence-corrected chi connectivity index (χ3v) is 6.84. The molecule has 1 aliphatic rings. The second-order valence-corrected chi connectivity index (χ2v) is 9.52. The van der Waals surface area contributed by atoms with Crippen molar-refractivity contribution in [1.29, 1.82) is 0 Å². The summed E-state index contributed by atoms with van der Waals surface area (Å²) >= 11 is 8.07. The third-order valence-electron chi connectivity index (χ3n) is 4.76. The fourth-order valence-electron chi connectivity index (χ4n) is 3.31. The molecule has 4 rings (SSSR count). The zero-order chi connectivity index (χ0) is 22.0. The number of carbonyl (C=O) groups is 2. The van der Waals surface area contributed by atoms with Crippen molar-refractivity contribution in [3.05, 3.63) is 92.2 Å². The van der Waals surface area contributed by atoms with Crippen molar-refractivity contribution >= 4 is 71.6 Å². The first-order chi connectivity index (χ1) is 15.0. The Kier molecular flexibility index (Phi) is 6.65. The number of imide groups is 1. The van der Waals surface area contributed by atoms with E-state index in [4.69, 9.17) is 4.74 Å². The van der Waals surface area contributed by atoms with Gasteiger partial charge in [-0.3, -0.25) is 14.5 Å². The van der Waals surface area contributed by atoms with Crippen LogP contribution in [0.1, 0.15) is 11.1 Å². The lowest BCUT2D eigenvalue weighted by atomic mass is 10.1. The summed E-state index contributed by atoms with van der Waals surface area (Å²) in [6.07, 6.45) is 3.24. The molecule has 1 fully saturated rings. The van der Waals surface area contributed by atoms with Crippen molar-refractivity contribution in [2.45, 2.75) is 6.61 Å². The van der Waals surface area contributed by atoms with Crippen LogP contribution >= 0.6 is 43.6 Å². The van der Waals surface area contributed by atoms with Gasteiger partial charge in [-0.25, -0.2) is 0 Å². The molecule has 31 heavy (non-hydrogen) atoms. The summed E-state index contributed by atoms with van der Waals surface area (Å²) in [6.45, 7) is 4.21. The number of rotatable bonds is 6. The summed E-state index contributed by atoms with van der Waals surface area (Å²) in [5, 5.41) is 2.04. The van der Waals surface area contributed by atoms with Crippen LogP contribution in [0.5, 0.6) is 5.75 Å². The second kappa shape index (κ2) is 9.42. The number of amides is 2. The van der Waals surface area contributed by atoms with Crippen LogP contribution in [-0.4, -0.2) is 22.6 Å². The van der Waals surface area contributed by atoms with Crippen LogP contribution in [0, 0.1) is 0 Å². The molecule has 0 radical (unpaired) electrons. The van der Waals surface area contributed by atoms with Gasteiger partial charge in [0.05, 0.1) is 13.9 Å². The van der Waals surface area contributed by atoms with E-state index in [2.05, 4.69) is 62.7 Å². The maximum atomic E-state index is 12.4. The number of carbonyl (C=O) groups excluding carboxylic acids is 2. The average molecular weight is 559 g/mol. The lowest BCUT2D eigenvalue weighted by molar-refractivity contribution is -0.122. The standard InChI is InChI=1S/C24H17Br2NO3S/c1-2-10-27-23(28)21(31-24(27)29)13-15-11-19(25)22(20(26)12-15)30-14-17-8-5-7-16-6-3-4-9-18(16)17/h2-9,11-13H,1,10,14H2/b21-13+. The number of benzene rings is 3. The molecule has 0 bridgehead atoms. The van der Waals surface area contributed by atoms with E-state index >= 15 is 0 Å². The Bertz CT molecular complexity index is 1210. The largest absolute Gasteiger partial charge is 0.487 e. The molecule has 4 nitrogen and oxygen atoms in total. The smallest absolute Gasteiger partial charge is 0.293 e. The summed E-state index contributed by atoms with van der Waals surface area (Å²) in [4.78, 5) is 26.0. The molecule has 1 heterocycles. The van der Waals surface area contributed by atoms with Gasteiger partial charge in [-0.1, -0.05) is 48.5 Å². The molecule has 3 aromatic rings. The first-order valence-electron chi connectivity index (χ1n) is 9.42. The number of halogens is 2. The molecule has 0 unspecified atom stereocenters. The molecule has 7 heteroatoms. The number of nitrogens with zero attached hydrogens (tertiary/aromatic N) is 1. The minimum Gasteiger partial charge on any atom is -0.487 e. The van der Waals surface area contributed by atoms with Gasteiger partial charge in [0.2, 0.25) is 0 Å². The molecular formula is C24H17Br2NO3S. The first kappa shape index (κ1) is 21.9. The number of hydrogen-bond donors (Lipinski definition) is 0. The molecule has 1 aliphatic heterocycles. The molecule has 0 aliphatic carbocycles. The van der Waals surface area contributed by atoms with Crippen molar-refractivity contribution < 1.29 is 14.3 Å². The fourth-order valence-corrected chi connectivity index (χ4v) is 5.61. The van der Waals surface area contributed by atoms with E-state index in [1.807, 2.05) is 30.3 Å². The Morgan fingerprint density at radius 1 is 1.03 bits per heavy atom. The monoisotopic (exact) mass is 557 g/mol. The summed E-state index contributed by atoms with van der Waals surface area (Å²) in [7, 11) is 0. The van der Waals surface area contributed by atoms with Gasteiger partial charge >= 0.3 is 0 Å². The number of ether oxygens (including phenoxy) is 1. The Morgan fingerprint density at radius 2 is 1.74 bits per heavy atom. The molecule has 0 spiro atoms.